The van der Waals surface area contributed by atoms with Crippen molar-refractivity contribution in [1.82, 2.24) is 10.6 Å². The van der Waals surface area contributed by atoms with E-state index in [4.69, 9.17) is 9.47 Å². The van der Waals surface area contributed by atoms with Crippen molar-refractivity contribution >= 4 is 11.8 Å². The Balaban J connectivity index is 1.83. The molecule has 0 radical (unpaired) electrons. The molecule has 0 heterocycles. The molecule has 0 atom stereocenters. The van der Waals surface area contributed by atoms with E-state index in [1.807, 2.05) is 0 Å². The van der Waals surface area contributed by atoms with Crippen LogP contribution < -0.4 is 20.1 Å². The van der Waals surface area contributed by atoms with Crippen molar-refractivity contribution in [3.8, 4) is 11.5 Å². The number of carbonyl (C=O) groups excluding carboxylic acids is 2. The summed E-state index contributed by atoms with van der Waals surface area (Å²) in [5.41, 5.74) is 0.458. The highest BCUT2D eigenvalue weighted by Gasteiger charge is 2.28. The van der Waals surface area contributed by atoms with Crippen LogP contribution in [0.2, 0.25) is 0 Å². The van der Waals surface area contributed by atoms with Crippen molar-refractivity contribution in [2.75, 3.05) is 27.3 Å². The van der Waals surface area contributed by atoms with Gasteiger partial charge in [-0.1, -0.05) is 0 Å². The van der Waals surface area contributed by atoms with Crippen LogP contribution in [-0.4, -0.2) is 39.1 Å². The lowest BCUT2D eigenvalue weighted by Gasteiger charge is -2.09. The average Bonchev–Trinajstić information content (AvgIpc) is 3.35. The van der Waals surface area contributed by atoms with Crippen LogP contribution in [0.3, 0.4) is 0 Å². The van der Waals surface area contributed by atoms with Crippen LogP contribution in [0.4, 0.5) is 0 Å². The lowest BCUT2D eigenvalue weighted by Crippen LogP contribution is -2.35. The molecule has 0 aliphatic heterocycles. The van der Waals surface area contributed by atoms with Crippen molar-refractivity contribution in [3.05, 3.63) is 23.8 Å². The van der Waals surface area contributed by atoms with Gasteiger partial charge < -0.3 is 20.1 Å². The molecule has 6 heteroatoms. The smallest absolute Gasteiger partial charge is 0.251 e. The van der Waals surface area contributed by atoms with E-state index in [1.54, 1.807) is 18.2 Å². The molecule has 1 saturated carbocycles. The molecular weight excluding hydrogens is 272 g/mol. The number of hydrogen-bond donors (Lipinski definition) is 2. The van der Waals surface area contributed by atoms with Gasteiger partial charge >= 0.3 is 0 Å². The fraction of sp³-hybridized carbons (Fsp3) is 0.467. The molecule has 0 saturated heterocycles. The van der Waals surface area contributed by atoms with Crippen molar-refractivity contribution in [3.63, 3.8) is 0 Å². The summed E-state index contributed by atoms with van der Waals surface area (Å²) >= 11 is 0. The number of benzene rings is 1. The number of hydrogen-bond acceptors (Lipinski definition) is 4. The summed E-state index contributed by atoms with van der Waals surface area (Å²) in [4.78, 5) is 23.5. The molecule has 0 bridgehead atoms. The monoisotopic (exact) mass is 292 g/mol. The van der Waals surface area contributed by atoms with Gasteiger partial charge in [-0.05, 0) is 25.0 Å². The van der Waals surface area contributed by atoms with Crippen molar-refractivity contribution < 1.29 is 19.1 Å². The number of carbonyl (C=O) groups is 2. The van der Waals surface area contributed by atoms with Gasteiger partial charge in [-0.2, -0.15) is 0 Å². The molecule has 1 aliphatic rings. The van der Waals surface area contributed by atoms with Crippen molar-refractivity contribution in [2.45, 2.75) is 12.8 Å². The Bertz CT molecular complexity index is 504. The summed E-state index contributed by atoms with van der Waals surface area (Å²) in [5, 5.41) is 5.54. The van der Waals surface area contributed by atoms with Crippen LogP contribution in [0.15, 0.2) is 18.2 Å². The Labute approximate surface area is 123 Å². The van der Waals surface area contributed by atoms with Crippen LogP contribution in [-0.2, 0) is 4.79 Å². The topological polar surface area (TPSA) is 76.7 Å². The Morgan fingerprint density at radius 1 is 1.05 bits per heavy atom. The van der Waals surface area contributed by atoms with E-state index >= 15 is 0 Å². The Morgan fingerprint density at radius 3 is 2.14 bits per heavy atom. The first-order valence-electron chi connectivity index (χ1n) is 6.93. The van der Waals surface area contributed by atoms with Gasteiger partial charge in [-0.3, -0.25) is 9.59 Å². The molecule has 6 nitrogen and oxygen atoms in total. The standard InChI is InChI=1S/C15H20N2O4/c1-20-12-7-11(8-13(9-12)21-2)15(19)17-6-5-16-14(18)10-3-4-10/h7-10H,3-6H2,1-2H3,(H,16,18)(H,17,19). The third-order valence-corrected chi connectivity index (χ3v) is 3.27. The highest BCUT2D eigenvalue weighted by Crippen LogP contribution is 2.28. The number of rotatable bonds is 7. The fourth-order valence-electron chi connectivity index (χ4n) is 1.89. The zero-order valence-corrected chi connectivity index (χ0v) is 12.3. The molecule has 2 rings (SSSR count). The van der Waals surface area contributed by atoms with Gasteiger partial charge in [0, 0.05) is 30.6 Å². The van der Waals surface area contributed by atoms with Crippen LogP contribution >= 0.6 is 0 Å². The molecule has 2 amide bonds. The van der Waals surface area contributed by atoms with Gasteiger partial charge in [0.15, 0.2) is 0 Å². The van der Waals surface area contributed by atoms with Gasteiger partial charge in [0.05, 0.1) is 14.2 Å². The van der Waals surface area contributed by atoms with E-state index in [-0.39, 0.29) is 17.7 Å². The third kappa shape index (κ3) is 4.37. The molecule has 0 unspecified atom stereocenters. The summed E-state index contributed by atoms with van der Waals surface area (Å²) in [5.74, 6) is 1.14. The van der Waals surface area contributed by atoms with Crippen LogP contribution in [0.25, 0.3) is 0 Å². The summed E-state index contributed by atoms with van der Waals surface area (Å²) in [6.07, 6.45) is 1.95. The second kappa shape index (κ2) is 6.97. The molecule has 2 N–H and O–H groups in total. The van der Waals surface area contributed by atoms with Crippen molar-refractivity contribution in [1.29, 1.82) is 0 Å². The van der Waals surface area contributed by atoms with Crippen LogP contribution in [0, 0.1) is 5.92 Å². The third-order valence-electron chi connectivity index (χ3n) is 3.27. The van der Waals surface area contributed by atoms with Gasteiger partial charge in [-0.25, -0.2) is 0 Å². The first-order valence-corrected chi connectivity index (χ1v) is 6.93. The summed E-state index contributed by atoms with van der Waals surface area (Å²) in [6.45, 7) is 0.818. The molecule has 0 aromatic heterocycles. The summed E-state index contributed by atoms with van der Waals surface area (Å²) < 4.78 is 10.2. The van der Waals surface area contributed by atoms with E-state index < -0.39 is 0 Å². The van der Waals surface area contributed by atoms with Crippen LogP contribution in [0.1, 0.15) is 23.2 Å². The first-order chi connectivity index (χ1) is 10.1. The lowest BCUT2D eigenvalue weighted by atomic mass is 10.2. The fourth-order valence-corrected chi connectivity index (χ4v) is 1.89. The highest BCUT2D eigenvalue weighted by molar-refractivity contribution is 5.95. The van der Waals surface area contributed by atoms with E-state index in [2.05, 4.69) is 10.6 Å². The molecule has 1 aromatic rings. The first kappa shape index (κ1) is 15.2. The Kier molecular flexibility index (Phi) is 5.03. The maximum atomic E-state index is 12.0. The predicted molar refractivity (Wildman–Crippen MR) is 77.6 cm³/mol. The van der Waals surface area contributed by atoms with Gasteiger partial charge in [0.1, 0.15) is 11.5 Å². The molecule has 1 aliphatic carbocycles. The van der Waals surface area contributed by atoms with E-state index in [0.717, 1.165) is 12.8 Å². The minimum absolute atomic E-state index is 0.0762. The predicted octanol–water partition coefficient (Wildman–Crippen LogP) is 0.960. The van der Waals surface area contributed by atoms with E-state index in [0.29, 0.717) is 30.2 Å². The maximum absolute atomic E-state index is 12.0. The van der Waals surface area contributed by atoms with Gasteiger partial charge in [0.25, 0.3) is 5.91 Å². The zero-order chi connectivity index (χ0) is 15.2. The van der Waals surface area contributed by atoms with Crippen LogP contribution in [0.5, 0.6) is 11.5 Å². The van der Waals surface area contributed by atoms with Gasteiger partial charge in [0.2, 0.25) is 5.91 Å². The number of nitrogens with one attached hydrogen (secondary N) is 2. The highest BCUT2D eigenvalue weighted by atomic mass is 16.5. The Morgan fingerprint density at radius 2 is 1.62 bits per heavy atom. The molecule has 1 aromatic carbocycles. The number of amides is 2. The average molecular weight is 292 g/mol. The number of ether oxygens (including phenoxy) is 2. The minimum Gasteiger partial charge on any atom is -0.497 e. The molecular formula is C15H20N2O4. The lowest BCUT2D eigenvalue weighted by molar-refractivity contribution is -0.122. The molecule has 0 spiro atoms. The van der Waals surface area contributed by atoms with E-state index in [1.165, 1.54) is 14.2 Å². The molecule has 1 fully saturated rings. The largest absolute Gasteiger partial charge is 0.497 e. The Hall–Kier alpha value is -2.24. The zero-order valence-electron chi connectivity index (χ0n) is 12.3. The second-order valence-corrected chi connectivity index (χ2v) is 4.92. The molecule has 21 heavy (non-hydrogen) atoms. The molecule has 114 valence electrons. The number of methoxy groups -OCH3 is 2. The van der Waals surface area contributed by atoms with E-state index in [9.17, 15) is 9.59 Å². The maximum Gasteiger partial charge on any atom is 0.251 e. The second-order valence-electron chi connectivity index (χ2n) is 4.92. The quantitative estimate of drug-likeness (QED) is 0.734. The van der Waals surface area contributed by atoms with Crippen molar-refractivity contribution in [2.24, 2.45) is 5.92 Å². The van der Waals surface area contributed by atoms with Gasteiger partial charge in [-0.15, -0.1) is 0 Å². The minimum atomic E-state index is -0.229. The SMILES string of the molecule is COc1cc(OC)cc(C(=O)NCCNC(=O)C2CC2)c1. The summed E-state index contributed by atoms with van der Waals surface area (Å²) in [7, 11) is 3.06. The normalized spacial score (nSPS) is 13.4. The summed E-state index contributed by atoms with van der Waals surface area (Å²) in [6, 6.07) is 4.98.